The number of nitrogens with zero attached hydrogens (tertiary/aromatic N) is 3. The van der Waals surface area contributed by atoms with Crippen LogP contribution >= 0.6 is 0 Å². The summed E-state index contributed by atoms with van der Waals surface area (Å²) in [7, 11) is 1.61. The van der Waals surface area contributed by atoms with Crippen molar-refractivity contribution < 1.29 is 13.9 Å². The molecule has 1 aromatic heterocycles. The molecule has 1 amide bonds. The Morgan fingerprint density at radius 3 is 2.79 bits per heavy atom. The molecule has 0 radical (unpaired) electrons. The molecule has 6 nitrogen and oxygen atoms in total. The van der Waals surface area contributed by atoms with Crippen LogP contribution < -0.4 is 5.56 Å². The number of amides is 1. The van der Waals surface area contributed by atoms with E-state index in [0.717, 1.165) is 11.5 Å². The highest BCUT2D eigenvalue weighted by Crippen LogP contribution is 2.14. The van der Waals surface area contributed by atoms with Gasteiger partial charge in [0.15, 0.2) is 0 Å². The van der Waals surface area contributed by atoms with Crippen molar-refractivity contribution in [2.45, 2.75) is 39.2 Å². The molecule has 0 N–H and O–H groups in total. The average molecular weight is 387 g/mol. The molecule has 28 heavy (non-hydrogen) atoms. The molecule has 0 saturated carbocycles. The summed E-state index contributed by atoms with van der Waals surface area (Å²) < 4.78 is 20.2. The average Bonchev–Trinajstić information content (AvgIpc) is 2.90. The molecule has 3 rings (SSSR count). The van der Waals surface area contributed by atoms with Crippen LogP contribution in [0.1, 0.15) is 29.6 Å². The van der Waals surface area contributed by atoms with Crippen LogP contribution in [0.15, 0.2) is 29.1 Å². The lowest BCUT2D eigenvalue weighted by molar-refractivity contribution is -0.130. The second-order valence-electron chi connectivity index (χ2n) is 6.94. The molecule has 0 saturated heterocycles. The Kier molecular flexibility index (Phi) is 6.57. The van der Waals surface area contributed by atoms with Gasteiger partial charge in [-0.3, -0.25) is 14.2 Å². The van der Waals surface area contributed by atoms with E-state index in [0.29, 0.717) is 56.6 Å². The molecule has 2 aromatic rings. The van der Waals surface area contributed by atoms with E-state index in [4.69, 9.17) is 9.72 Å². The fourth-order valence-corrected chi connectivity index (χ4v) is 3.61. The topological polar surface area (TPSA) is 64.4 Å². The van der Waals surface area contributed by atoms with Gasteiger partial charge < -0.3 is 9.64 Å². The van der Waals surface area contributed by atoms with Crippen LogP contribution in [-0.2, 0) is 41.8 Å². The molecule has 7 heteroatoms. The molecule has 0 spiro atoms. The summed E-state index contributed by atoms with van der Waals surface area (Å²) in [6, 6.07) is 6.10. The Balaban J connectivity index is 1.77. The smallest absolute Gasteiger partial charge is 0.257 e. The van der Waals surface area contributed by atoms with Crippen molar-refractivity contribution in [2.75, 3.05) is 26.8 Å². The van der Waals surface area contributed by atoms with Crippen molar-refractivity contribution in [3.05, 3.63) is 63.1 Å². The predicted octanol–water partition coefficient (Wildman–Crippen LogP) is 1.76. The molecule has 0 aliphatic carbocycles. The lowest BCUT2D eigenvalue weighted by Crippen LogP contribution is -2.35. The van der Waals surface area contributed by atoms with Crippen molar-refractivity contribution >= 4 is 5.91 Å². The number of ether oxygens (including phenoxy) is 1. The first kappa shape index (κ1) is 20.2. The standard InChI is InChI=1S/C21H26FN3O3/c1-3-19-23-18-8-10-24(20(26)14-15-5-4-6-16(22)13-15)9-7-17(18)21(27)25(19)11-12-28-2/h4-6,13H,3,7-12,14H2,1-2H3. The van der Waals surface area contributed by atoms with Gasteiger partial charge in [0.05, 0.1) is 25.3 Å². The van der Waals surface area contributed by atoms with E-state index in [1.54, 1.807) is 28.7 Å². The highest BCUT2D eigenvalue weighted by atomic mass is 19.1. The molecule has 1 aliphatic rings. The fraction of sp³-hybridized carbons (Fsp3) is 0.476. The monoisotopic (exact) mass is 387 g/mol. The molecule has 1 aliphatic heterocycles. The SMILES string of the molecule is CCc1nc2c(c(=O)n1CCOC)CCN(C(=O)Cc1cccc(F)c1)CC2. The maximum Gasteiger partial charge on any atom is 0.257 e. The normalized spacial score (nSPS) is 13.9. The van der Waals surface area contributed by atoms with Crippen LogP contribution in [0.2, 0.25) is 0 Å². The van der Waals surface area contributed by atoms with Gasteiger partial charge in [0.2, 0.25) is 5.91 Å². The van der Waals surface area contributed by atoms with Crippen LogP contribution in [0.5, 0.6) is 0 Å². The number of rotatable bonds is 6. The zero-order chi connectivity index (χ0) is 20.1. The van der Waals surface area contributed by atoms with Gasteiger partial charge >= 0.3 is 0 Å². The summed E-state index contributed by atoms with van der Waals surface area (Å²) in [6.07, 6.45) is 1.85. The number of carbonyl (C=O) groups excluding carboxylic acids is 1. The van der Waals surface area contributed by atoms with Gasteiger partial charge in [-0.15, -0.1) is 0 Å². The van der Waals surface area contributed by atoms with Crippen molar-refractivity contribution in [1.82, 2.24) is 14.5 Å². The van der Waals surface area contributed by atoms with Gasteiger partial charge in [0.1, 0.15) is 11.6 Å². The number of aryl methyl sites for hydroxylation is 1. The van der Waals surface area contributed by atoms with Crippen LogP contribution in [0, 0.1) is 5.82 Å². The van der Waals surface area contributed by atoms with Crippen LogP contribution in [0.3, 0.4) is 0 Å². The Labute approximate surface area is 164 Å². The third-order valence-corrected chi connectivity index (χ3v) is 5.11. The lowest BCUT2D eigenvalue weighted by Gasteiger charge is -2.20. The number of benzene rings is 1. The van der Waals surface area contributed by atoms with Gasteiger partial charge in [-0.1, -0.05) is 19.1 Å². The van der Waals surface area contributed by atoms with E-state index in [9.17, 15) is 14.0 Å². The second kappa shape index (κ2) is 9.10. The van der Waals surface area contributed by atoms with Crippen LogP contribution in [0.4, 0.5) is 4.39 Å². The van der Waals surface area contributed by atoms with E-state index in [1.807, 2.05) is 6.92 Å². The number of aromatic nitrogens is 2. The van der Waals surface area contributed by atoms with Gasteiger partial charge in [0, 0.05) is 38.6 Å². The van der Waals surface area contributed by atoms with E-state index in [-0.39, 0.29) is 23.7 Å². The number of halogens is 1. The van der Waals surface area contributed by atoms with E-state index in [2.05, 4.69) is 0 Å². The minimum Gasteiger partial charge on any atom is -0.383 e. The Morgan fingerprint density at radius 1 is 1.29 bits per heavy atom. The summed E-state index contributed by atoms with van der Waals surface area (Å²) in [6.45, 7) is 3.88. The zero-order valence-corrected chi connectivity index (χ0v) is 16.4. The minimum absolute atomic E-state index is 0.0293. The summed E-state index contributed by atoms with van der Waals surface area (Å²) in [5.41, 5.74) is 2.10. The lowest BCUT2D eigenvalue weighted by atomic mass is 10.1. The van der Waals surface area contributed by atoms with Crippen molar-refractivity contribution in [3.63, 3.8) is 0 Å². The number of hydrogen-bond donors (Lipinski definition) is 0. The second-order valence-corrected chi connectivity index (χ2v) is 6.94. The summed E-state index contributed by atoms with van der Waals surface area (Å²) in [4.78, 5) is 32.1. The largest absolute Gasteiger partial charge is 0.383 e. The van der Waals surface area contributed by atoms with Crippen molar-refractivity contribution in [2.24, 2.45) is 0 Å². The van der Waals surface area contributed by atoms with Gasteiger partial charge in [-0.25, -0.2) is 9.37 Å². The molecule has 150 valence electrons. The fourth-order valence-electron chi connectivity index (χ4n) is 3.61. The van der Waals surface area contributed by atoms with Gasteiger partial charge in [-0.2, -0.15) is 0 Å². The first-order valence-electron chi connectivity index (χ1n) is 9.66. The molecule has 0 fully saturated rings. The molecular formula is C21H26FN3O3. The molecular weight excluding hydrogens is 361 g/mol. The van der Waals surface area contributed by atoms with E-state index in [1.165, 1.54) is 12.1 Å². The van der Waals surface area contributed by atoms with Crippen molar-refractivity contribution in [3.8, 4) is 0 Å². The molecule has 2 heterocycles. The number of fused-ring (bicyclic) bond motifs is 1. The Morgan fingerprint density at radius 2 is 2.07 bits per heavy atom. The third kappa shape index (κ3) is 4.47. The van der Waals surface area contributed by atoms with Crippen LogP contribution in [0.25, 0.3) is 0 Å². The highest BCUT2D eigenvalue weighted by Gasteiger charge is 2.23. The molecule has 0 unspecified atom stereocenters. The predicted molar refractivity (Wildman–Crippen MR) is 104 cm³/mol. The minimum atomic E-state index is -0.346. The van der Waals surface area contributed by atoms with Gasteiger partial charge in [-0.05, 0) is 24.1 Å². The first-order chi connectivity index (χ1) is 13.5. The summed E-state index contributed by atoms with van der Waals surface area (Å²) in [5, 5.41) is 0. The molecule has 0 atom stereocenters. The molecule has 0 bridgehead atoms. The maximum atomic E-state index is 13.4. The van der Waals surface area contributed by atoms with Gasteiger partial charge in [0.25, 0.3) is 5.56 Å². The summed E-state index contributed by atoms with van der Waals surface area (Å²) >= 11 is 0. The molecule has 1 aromatic carbocycles. The third-order valence-electron chi connectivity index (χ3n) is 5.11. The Bertz CT molecular complexity index is 910. The summed E-state index contributed by atoms with van der Waals surface area (Å²) in [5.74, 6) is 0.343. The van der Waals surface area contributed by atoms with E-state index >= 15 is 0 Å². The first-order valence-corrected chi connectivity index (χ1v) is 9.66. The number of methoxy groups -OCH3 is 1. The maximum absolute atomic E-state index is 13.4. The quantitative estimate of drug-likeness (QED) is 0.758. The van der Waals surface area contributed by atoms with Crippen molar-refractivity contribution in [1.29, 1.82) is 0 Å². The van der Waals surface area contributed by atoms with E-state index < -0.39 is 0 Å². The highest BCUT2D eigenvalue weighted by molar-refractivity contribution is 5.78. The van der Waals surface area contributed by atoms with Crippen LogP contribution in [-0.4, -0.2) is 47.2 Å². The zero-order valence-electron chi connectivity index (χ0n) is 16.4. The Hall–Kier alpha value is -2.54. The number of carbonyl (C=O) groups is 1. The number of hydrogen-bond acceptors (Lipinski definition) is 4.